The van der Waals surface area contributed by atoms with E-state index in [1.807, 2.05) is 6.92 Å². The Morgan fingerprint density at radius 1 is 1.08 bits per heavy atom. The standard InChI is InChI=1S/C27H20Br2ClFN2O5S/c1-2-37-22-10-16(9-20(29)25(22)38-14-15-3-5-17(31)6-4-15)11-23-26(35)33(27(36)39-23)13-24(34)32-18-7-8-19(28)21(30)12-18/h3-12H,2,13-14H2,1H3,(H,32,34)/b23-11-. The SMILES string of the molecule is CCOc1cc(/C=C2\SC(=O)N(CC(=O)Nc3ccc(Br)c(Cl)c3)C2=O)cc(Br)c1OCc1ccc(F)cc1. The summed E-state index contributed by atoms with van der Waals surface area (Å²) in [5.74, 6) is -0.595. The molecule has 0 atom stereocenters. The van der Waals surface area contributed by atoms with Crippen LogP contribution in [0.25, 0.3) is 6.08 Å². The van der Waals surface area contributed by atoms with E-state index in [0.29, 0.717) is 43.3 Å². The highest BCUT2D eigenvalue weighted by molar-refractivity contribution is 9.10. The summed E-state index contributed by atoms with van der Waals surface area (Å²) in [6, 6.07) is 14.2. The maximum Gasteiger partial charge on any atom is 0.294 e. The van der Waals surface area contributed by atoms with Crippen LogP contribution in [0.2, 0.25) is 5.02 Å². The molecular weight excluding hydrogens is 679 g/mol. The molecule has 1 fully saturated rings. The Kier molecular flexibility index (Phi) is 9.71. The lowest BCUT2D eigenvalue weighted by Gasteiger charge is -2.15. The fraction of sp³-hybridized carbons (Fsp3) is 0.148. The molecule has 0 radical (unpaired) electrons. The Morgan fingerprint density at radius 2 is 1.82 bits per heavy atom. The van der Waals surface area contributed by atoms with Crippen LogP contribution in [0.4, 0.5) is 14.9 Å². The number of anilines is 1. The lowest BCUT2D eigenvalue weighted by Crippen LogP contribution is -2.36. The summed E-state index contributed by atoms with van der Waals surface area (Å²) in [5, 5.41) is 2.48. The van der Waals surface area contributed by atoms with Gasteiger partial charge in [-0.1, -0.05) is 23.7 Å². The quantitative estimate of drug-likeness (QED) is 0.231. The summed E-state index contributed by atoms with van der Waals surface area (Å²) in [6.45, 7) is 1.92. The average molecular weight is 699 g/mol. The predicted molar refractivity (Wildman–Crippen MR) is 157 cm³/mol. The van der Waals surface area contributed by atoms with E-state index in [0.717, 1.165) is 22.2 Å². The van der Waals surface area contributed by atoms with Crippen molar-refractivity contribution in [1.29, 1.82) is 0 Å². The molecule has 1 saturated heterocycles. The molecule has 202 valence electrons. The van der Waals surface area contributed by atoms with Crippen molar-refractivity contribution in [3.63, 3.8) is 0 Å². The zero-order valence-electron chi connectivity index (χ0n) is 20.3. The molecule has 3 aromatic carbocycles. The number of ether oxygens (including phenoxy) is 2. The van der Waals surface area contributed by atoms with Crippen LogP contribution in [0.3, 0.4) is 0 Å². The van der Waals surface area contributed by atoms with E-state index in [2.05, 4.69) is 37.2 Å². The molecule has 1 aliphatic rings. The van der Waals surface area contributed by atoms with Crippen LogP contribution in [-0.4, -0.2) is 35.1 Å². The third-order valence-corrected chi connectivity index (χ3v) is 8.03. The first-order chi connectivity index (χ1) is 18.6. The molecule has 0 aliphatic carbocycles. The van der Waals surface area contributed by atoms with E-state index in [9.17, 15) is 18.8 Å². The van der Waals surface area contributed by atoms with Gasteiger partial charge in [0.05, 0.1) is 21.0 Å². The molecule has 12 heteroatoms. The number of amides is 3. The van der Waals surface area contributed by atoms with Crippen molar-refractivity contribution in [2.45, 2.75) is 13.5 Å². The number of carbonyl (C=O) groups is 3. The van der Waals surface area contributed by atoms with Crippen LogP contribution in [0.5, 0.6) is 11.5 Å². The van der Waals surface area contributed by atoms with Gasteiger partial charge in [0, 0.05) is 10.2 Å². The molecule has 0 saturated carbocycles. The Hall–Kier alpha value is -2.86. The number of benzene rings is 3. The number of nitrogens with zero attached hydrogens (tertiary/aromatic N) is 1. The highest BCUT2D eigenvalue weighted by Gasteiger charge is 2.36. The van der Waals surface area contributed by atoms with Crippen molar-refractivity contribution in [1.82, 2.24) is 4.90 Å². The van der Waals surface area contributed by atoms with E-state index in [4.69, 9.17) is 21.1 Å². The summed E-state index contributed by atoms with van der Waals surface area (Å²) in [5.41, 5.74) is 1.79. The van der Waals surface area contributed by atoms with Crippen molar-refractivity contribution >= 4 is 84.0 Å². The van der Waals surface area contributed by atoms with Gasteiger partial charge in [0.2, 0.25) is 5.91 Å². The minimum absolute atomic E-state index is 0.161. The Morgan fingerprint density at radius 3 is 2.51 bits per heavy atom. The smallest absolute Gasteiger partial charge is 0.294 e. The minimum Gasteiger partial charge on any atom is -0.490 e. The van der Waals surface area contributed by atoms with Gasteiger partial charge in [-0.15, -0.1) is 0 Å². The zero-order valence-corrected chi connectivity index (χ0v) is 25.0. The van der Waals surface area contributed by atoms with Crippen molar-refractivity contribution in [2.75, 3.05) is 18.5 Å². The summed E-state index contributed by atoms with van der Waals surface area (Å²) >= 11 is 13.6. The maximum absolute atomic E-state index is 13.2. The number of hydrogen-bond acceptors (Lipinski definition) is 6. The number of rotatable bonds is 9. The topological polar surface area (TPSA) is 84.9 Å². The minimum atomic E-state index is -0.584. The molecule has 0 spiro atoms. The van der Waals surface area contributed by atoms with Crippen LogP contribution in [0.15, 0.2) is 68.4 Å². The van der Waals surface area contributed by atoms with Gasteiger partial charge in [-0.05, 0) is 110 Å². The highest BCUT2D eigenvalue weighted by atomic mass is 79.9. The summed E-state index contributed by atoms with van der Waals surface area (Å²) in [7, 11) is 0. The highest BCUT2D eigenvalue weighted by Crippen LogP contribution is 2.40. The Labute approximate surface area is 249 Å². The fourth-order valence-corrected chi connectivity index (χ4v) is 5.36. The van der Waals surface area contributed by atoms with Gasteiger partial charge >= 0.3 is 0 Å². The summed E-state index contributed by atoms with van der Waals surface area (Å²) < 4.78 is 26.1. The third-order valence-electron chi connectivity index (χ3n) is 5.30. The average Bonchev–Trinajstić information content (AvgIpc) is 3.14. The molecule has 1 N–H and O–H groups in total. The largest absolute Gasteiger partial charge is 0.490 e. The van der Waals surface area contributed by atoms with Gasteiger partial charge in [-0.2, -0.15) is 0 Å². The predicted octanol–water partition coefficient (Wildman–Crippen LogP) is 7.66. The first kappa shape index (κ1) is 29.1. The van der Waals surface area contributed by atoms with Crippen molar-refractivity contribution in [2.24, 2.45) is 0 Å². The van der Waals surface area contributed by atoms with Gasteiger partial charge in [0.15, 0.2) is 11.5 Å². The Bertz CT molecular complexity index is 1470. The molecular formula is C27H20Br2ClFN2O5S. The van der Waals surface area contributed by atoms with Crippen LogP contribution in [0, 0.1) is 5.82 Å². The van der Waals surface area contributed by atoms with Crippen LogP contribution < -0.4 is 14.8 Å². The van der Waals surface area contributed by atoms with Crippen LogP contribution >= 0.6 is 55.2 Å². The summed E-state index contributed by atoms with van der Waals surface area (Å²) in [6.07, 6.45) is 1.55. The second-order valence-corrected chi connectivity index (χ2v) is 11.2. The zero-order chi connectivity index (χ0) is 28.1. The molecule has 7 nitrogen and oxygen atoms in total. The van der Waals surface area contributed by atoms with Gasteiger partial charge < -0.3 is 14.8 Å². The Balaban J connectivity index is 1.48. The van der Waals surface area contributed by atoms with Gasteiger partial charge in [-0.25, -0.2) is 4.39 Å². The van der Waals surface area contributed by atoms with E-state index < -0.39 is 23.6 Å². The second-order valence-electron chi connectivity index (χ2n) is 8.12. The maximum atomic E-state index is 13.2. The van der Waals surface area contributed by atoms with Crippen LogP contribution in [-0.2, 0) is 16.2 Å². The lowest BCUT2D eigenvalue weighted by molar-refractivity contribution is -0.127. The van der Waals surface area contributed by atoms with Gasteiger partial charge in [0.1, 0.15) is 19.0 Å². The molecule has 0 unspecified atom stereocenters. The monoisotopic (exact) mass is 696 g/mol. The molecule has 3 amide bonds. The van der Waals surface area contributed by atoms with E-state index in [1.165, 1.54) is 12.1 Å². The molecule has 0 aromatic heterocycles. The molecule has 39 heavy (non-hydrogen) atoms. The molecule has 0 bridgehead atoms. The van der Waals surface area contributed by atoms with E-state index >= 15 is 0 Å². The number of carbonyl (C=O) groups excluding carboxylic acids is 3. The van der Waals surface area contributed by atoms with Gasteiger partial charge in [-0.3, -0.25) is 19.3 Å². The van der Waals surface area contributed by atoms with E-state index in [-0.39, 0.29) is 17.3 Å². The fourth-order valence-electron chi connectivity index (χ4n) is 3.52. The number of nitrogens with one attached hydrogen (secondary N) is 1. The molecule has 1 aliphatic heterocycles. The van der Waals surface area contributed by atoms with Crippen molar-refractivity contribution in [3.05, 3.63) is 90.4 Å². The molecule has 3 aromatic rings. The van der Waals surface area contributed by atoms with Crippen molar-refractivity contribution < 1.29 is 28.2 Å². The molecule has 4 rings (SSSR count). The first-order valence-electron chi connectivity index (χ1n) is 11.5. The van der Waals surface area contributed by atoms with Crippen molar-refractivity contribution in [3.8, 4) is 11.5 Å². The molecule has 1 heterocycles. The number of halogens is 4. The number of hydrogen-bond donors (Lipinski definition) is 1. The first-order valence-corrected chi connectivity index (χ1v) is 14.3. The normalized spacial score (nSPS) is 14.2. The third kappa shape index (κ3) is 7.42. The van der Waals surface area contributed by atoms with Gasteiger partial charge in [0.25, 0.3) is 11.1 Å². The van der Waals surface area contributed by atoms with Crippen LogP contribution in [0.1, 0.15) is 18.1 Å². The second kappa shape index (κ2) is 13.0. The number of imide groups is 1. The number of thioether (sulfide) groups is 1. The lowest BCUT2D eigenvalue weighted by atomic mass is 10.1. The summed E-state index contributed by atoms with van der Waals surface area (Å²) in [4.78, 5) is 39.1. The van der Waals surface area contributed by atoms with E-state index in [1.54, 1.807) is 48.5 Å².